The van der Waals surface area contributed by atoms with E-state index in [2.05, 4.69) is 61.8 Å². The fourth-order valence-electron chi connectivity index (χ4n) is 2.20. The molecule has 0 bridgehead atoms. The molecule has 0 saturated carbocycles. The third kappa shape index (κ3) is 2.41. The molecule has 19 heavy (non-hydrogen) atoms. The summed E-state index contributed by atoms with van der Waals surface area (Å²) in [6.45, 7) is 2.13. The summed E-state index contributed by atoms with van der Waals surface area (Å²) in [5.74, 6) is 0. The standard InChI is InChI=1S/C18H15N/c1-15-7-5-6-10-18(15)16-11-13-19(14-12-16)17-8-3-2-4-9-17/h2-13H,1H3. The minimum absolute atomic E-state index is 1.12. The zero-order valence-corrected chi connectivity index (χ0v) is 10.9. The summed E-state index contributed by atoms with van der Waals surface area (Å²) >= 11 is 0. The molecule has 0 aliphatic heterocycles. The summed E-state index contributed by atoms with van der Waals surface area (Å²) < 4.78 is 2.00. The highest BCUT2D eigenvalue weighted by atomic mass is 14.9. The van der Waals surface area contributed by atoms with Gasteiger partial charge >= 0.3 is 0 Å². The van der Waals surface area contributed by atoms with Crippen LogP contribution in [-0.4, -0.2) is 0 Å². The number of aromatic nitrogens is 1. The predicted octanol–water partition coefficient (Wildman–Crippen LogP) is 3.74. The molecule has 0 saturated heterocycles. The summed E-state index contributed by atoms with van der Waals surface area (Å²) in [5, 5.41) is 0. The molecule has 0 amide bonds. The molecule has 0 radical (unpaired) electrons. The number of para-hydroxylation sites is 1. The molecule has 0 fully saturated rings. The normalized spacial score (nSPS) is 10.4. The lowest BCUT2D eigenvalue weighted by atomic mass is 10.0. The Bertz CT molecular complexity index is 670. The van der Waals surface area contributed by atoms with E-state index in [0.29, 0.717) is 0 Å². The van der Waals surface area contributed by atoms with Crippen LogP contribution in [0.4, 0.5) is 0 Å². The fraction of sp³-hybridized carbons (Fsp3) is 0.0556. The average Bonchev–Trinajstić information content (AvgIpc) is 2.49. The number of hydrogen-bond donors (Lipinski definition) is 0. The Morgan fingerprint density at radius 2 is 1.58 bits per heavy atom. The van der Waals surface area contributed by atoms with Gasteiger partial charge in [-0.25, -0.2) is 0 Å². The zero-order valence-electron chi connectivity index (χ0n) is 10.9. The number of rotatable bonds is 2. The number of pyridine rings is 1. The van der Waals surface area contributed by atoms with Crippen molar-refractivity contribution < 1.29 is 4.57 Å². The van der Waals surface area contributed by atoms with Crippen molar-refractivity contribution in [1.82, 2.24) is 0 Å². The first-order valence-corrected chi connectivity index (χ1v) is 6.39. The maximum atomic E-state index is 3.30. The van der Waals surface area contributed by atoms with Gasteiger partial charge < -0.3 is 0 Å². The van der Waals surface area contributed by atoms with Crippen LogP contribution < -0.4 is 4.57 Å². The highest BCUT2D eigenvalue weighted by Gasteiger charge is 2.00. The minimum Gasteiger partial charge on any atom is -0.285 e. The van der Waals surface area contributed by atoms with E-state index in [1.54, 1.807) is 0 Å². The van der Waals surface area contributed by atoms with Gasteiger partial charge in [0.1, 0.15) is 5.69 Å². The van der Waals surface area contributed by atoms with Crippen LogP contribution in [0.3, 0.4) is 0 Å². The van der Waals surface area contributed by atoms with Gasteiger partial charge in [0.2, 0.25) is 0 Å². The summed E-state index contributed by atoms with van der Waals surface area (Å²) in [6.07, 6.45) is 5.35. The van der Waals surface area contributed by atoms with Crippen molar-refractivity contribution in [2.24, 2.45) is 0 Å². The Kier molecular flexibility index (Phi) is 3.11. The van der Waals surface area contributed by atoms with Gasteiger partial charge in [-0.05, 0) is 19.1 Å². The molecule has 0 N–H and O–H groups in total. The maximum absolute atomic E-state index is 3.30. The lowest BCUT2D eigenvalue weighted by Crippen LogP contribution is -2.29. The lowest BCUT2D eigenvalue weighted by Gasteiger charge is -2.09. The maximum Gasteiger partial charge on any atom is 0.152 e. The first kappa shape index (κ1) is 11.7. The fourth-order valence-corrected chi connectivity index (χ4v) is 2.20. The SMILES string of the molecule is Cc1ccccc1-c1c[c-][n+](-c2ccccc2)cc1. The molecule has 0 atom stereocenters. The molecular weight excluding hydrogens is 230 g/mol. The molecule has 1 nitrogen and oxygen atoms in total. The van der Waals surface area contributed by atoms with Gasteiger partial charge in [0, 0.05) is 0 Å². The van der Waals surface area contributed by atoms with Gasteiger partial charge in [-0.15, -0.1) is 0 Å². The third-order valence-electron chi connectivity index (χ3n) is 3.25. The van der Waals surface area contributed by atoms with Gasteiger partial charge in [-0.2, -0.15) is 0 Å². The van der Waals surface area contributed by atoms with E-state index in [1.807, 2.05) is 28.8 Å². The van der Waals surface area contributed by atoms with E-state index in [1.165, 1.54) is 16.7 Å². The quantitative estimate of drug-likeness (QED) is 0.478. The average molecular weight is 245 g/mol. The monoisotopic (exact) mass is 245 g/mol. The van der Waals surface area contributed by atoms with Crippen molar-refractivity contribution in [3.63, 3.8) is 0 Å². The molecule has 0 aliphatic rings. The van der Waals surface area contributed by atoms with Crippen LogP contribution in [0.2, 0.25) is 0 Å². The molecule has 0 aliphatic carbocycles. The molecule has 1 aromatic heterocycles. The van der Waals surface area contributed by atoms with E-state index in [4.69, 9.17) is 0 Å². The van der Waals surface area contributed by atoms with Crippen LogP contribution in [0.1, 0.15) is 5.56 Å². The van der Waals surface area contributed by atoms with Crippen molar-refractivity contribution in [3.05, 3.63) is 84.7 Å². The first-order valence-electron chi connectivity index (χ1n) is 6.39. The highest BCUT2D eigenvalue weighted by Crippen LogP contribution is 2.21. The van der Waals surface area contributed by atoms with Crippen LogP contribution in [0.5, 0.6) is 0 Å². The van der Waals surface area contributed by atoms with Gasteiger partial charge in [-0.1, -0.05) is 71.3 Å². The zero-order chi connectivity index (χ0) is 13.1. The number of hydrogen-bond acceptors (Lipinski definition) is 0. The van der Waals surface area contributed by atoms with E-state index in [9.17, 15) is 0 Å². The number of nitrogens with zero attached hydrogens (tertiary/aromatic N) is 1. The first-order chi connectivity index (χ1) is 9.34. The summed E-state index contributed by atoms with van der Waals surface area (Å²) in [6, 6.07) is 22.8. The highest BCUT2D eigenvalue weighted by molar-refractivity contribution is 5.65. The van der Waals surface area contributed by atoms with Crippen molar-refractivity contribution in [3.8, 4) is 16.8 Å². The topological polar surface area (TPSA) is 3.88 Å². The van der Waals surface area contributed by atoms with Gasteiger partial charge in [0.15, 0.2) is 6.20 Å². The van der Waals surface area contributed by atoms with Crippen molar-refractivity contribution in [1.29, 1.82) is 0 Å². The van der Waals surface area contributed by atoms with Gasteiger partial charge in [0.25, 0.3) is 0 Å². The third-order valence-corrected chi connectivity index (χ3v) is 3.25. The number of benzene rings is 2. The van der Waals surface area contributed by atoms with Crippen LogP contribution >= 0.6 is 0 Å². The molecule has 0 spiro atoms. The van der Waals surface area contributed by atoms with Crippen molar-refractivity contribution in [2.45, 2.75) is 6.92 Å². The second-order valence-corrected chi connectivity index (χ2v) is 4.56. The summed E-state index contributed by atoms with van der Waals surface area (Å²) in [5.41, 5.74) is 4.87. The second kappa shape index (κ2) is 5.07. The summed E-state index contributed by atoms with van der Waals surface area (Å²) in [4.78, 5) is 0. The van der Waals surface area contributed by atoms with E-state index >= 15 is 0 Å². The molecular formula is C18H15N. The Morgan fingerprint density at radius 3 is 2.26 bits per heavy atom. The molecule has 92 valence electrons. The van der Waals surface area contributed by atoms with Crippen LogP contribution in [0.25, 0.3) is 16.8 Å². The van der Waals surface area contributed by atoms with Gasteiger partial charge in [-0.3, -0.25) is 4.57 Å². The summed E-state index contributed by atoms with van der Waals surface area (Å²) in [7, 11) is 0. The van der Waals surface area contributed by atoms with Crippen molar-refractivity contribution >= 4 is 0 Å². The second-order valence-electron chi connectivity index (χ2n) is 4.56. The Hall–Kier alpha value is -2.41. The molecule has 1 heterocycles. The predicted molar refractivity (Wildman–Crippen MR) is 77.0 cm³/mol. The Labute approximate surface area is 113 Å². The molecule has 2 aromatic carbocycles. The van der Waals surface area contributed by atoms with Crippen LogP contribution in [0, 0.1) is 13.1 Å². The van der Waals surface area contributed by atoms with Crippen molar-refractivity contribution in [2.75, 3.05) is 0 Å². The van der Waals surface area contributed by atoms with Gasteiger partial charge in [0.05, 0.1) is 6.20 Å². The largest absolute Gasteiger partial charge is 0.285 e. The Morgan fingerprint density at radius 1 is 0.842 bits per heavy atom. The van der Waals surface area contributed by atoms with Crippen LogP contribution in [-0.2, 0) is 0 Å². The smallest absolute Gasteiger partial charge is 0.152 e. The number of aryl methyl sites for hydroxylation is 1. The minimum atomic E-state index is 1.12. The van der Waals surface area contributed by atoms with E-state index in [0.717, 1.165) is 5.69 Å². The molecule has 1 heteroatoms. The van der Waals surface area contributed by atoms with Crippen LogP contribution in [0.15, 0.2) is 72.9 Å². The van der Waals surface area contributed by atoms with E-state index in [-0.39, 0.29) is 0 Å². The lowest BCUT2D eigenvalue weighted by molar-refractivity contribution is -0.600. The molecule has 0 unspecified atom stereocenters. The molecule has 3 rings (SSSR count). The molecule has 3 aromatic rings. The van der Waals surface area contributed by atoms with E-state index < -0.39 is 0 Å². The Balaban J connectivity index is 1.98.